The minimum absolute atomic E-state index is 0.0111. The molecule has 2 aromatic carbocycles. The maximum absolute atomic E-state index is 13.4. The fourth-order valence-corrected chi connectivity index (χ4v) is 4.40. The van der Waals surface area contributed by atoms with Crippen LogP contribution in [0.1, 0.15) is 24.5 Å². The molecule has 1 N–H and O–H groups in total. The lowest BCUT2D eigenvalue weighted by Gasteiger charge is -2.33. The number of anilines is 1. The number of carbonyl (C=O) groups excluding carboxylic acids is 2. The van der Waals surface area contributed by atoms with Gasteiger partial charge in [0.1, 0.15) is 18.4 Å². The van der Waals surface area contributed by atoms with Gasteiger partial charge in [-0.1, -0.05) is 36.7 Å². The van der Waals surface area contributed by atoms with Crippen molar-refractivity contribution >= 4 is 39.1 Å². The molecule has 0 radical (unpaired) electrons. The average Bonchev–Trinajstić information content (AvgIpc) is 2.74. The lowest BCUT2D eigenvalue weighted by Crippen LogP contribution is -2.51. The summed E-state index contributed by atoms with van der Waals surface area (Å²) >= 11 is 6.16. The van der Waals surface area contributed by atoms with Crippen molar-refractivity contribution < 1.29 is 22.4 Å². The fourth-order valence-electron chi connectivity index (χ4n) is 3.33. The largest absolute Gasteiger partial charge is 0.357 e. The molecule has 2 amide bonds. The van der Waals surface area contributed by atoms with Crippen molar-refractivity contribution in [3.8, 4) is 0 Å². The third-order valence-electron chi connectivity index (χ3n) is 5.09. The first kappa shape index (κ1) is 25.6. The van der Waals surface area contributed by atoms with Gasteiger partial charge in [0.15, 0.2) is 0 Å². The van der Waals surface area contributed by atoms with Crippen LogP contribution in [0.3, 0.4) is 0 Å². The van der Waals surface area contributed by atoms with Gasteiger partial charge in [-0.05, 0) is 48.7 Å². The molecule has 10 heteroatoms. The molecule has 0 aromatic heterocycles. The first-order chi connectivity index (χ1) is 15.0. The second kappa shape index (κ2) is 10.8. The van der Waals surface area contributed by atoms with Crippen LogP contribution in [0.5, 0.6) is 0 Å². The van der Waals surface area contributed by atoms with Crippen LogP contribution in [0.25, 0.3) is 0 Å². The van der Waals surface area contributed by atoms with Crippen LogP contribution in [0, 0.1) is 12.7 Å². The summed E-state index contributed by atoms with van der Waals surface area (Å²) in [6.07, 6.45) is 1.31. The number of benzene rings is 2. The van der Waals surface area contributed by atoms with Gasteiger partial charge in [-0.15, -0.1) is 0 Å². The Bertz CT molecular complexity index is 1080. The van der Waals surface area contributed by atoms with Crippen LogP contribution in [0.2, 0.25) is 5.02 Å². The highest BCUT2D eigenvalue weighted by Gasteiger charge is 2.31. The number of likely N-dealkylation sites (N-methyl/N-ethyl adjacent to an activating group) is 1. The zero-order valence-corrected chi connectivity index (χ0v) is 20.0. The highest BCUT2D eigenvalue weighted by Crippen LogP contribution is 2.28. The standard InChI is InChI=1S/C22H27ClFN3O4S/c1-5-19(22(29)25-3)26(13-16-9-11-17(24)12-10-16)21(28)14-27(32(4,30)31)20-8-6-7-18(23)15(20)2/h6-12,19H,5,13-14H2,1-4H3,(H,25,29)/t19-/m1/s1. The van der Waals surface area contributed by atoms with E-state index in [-0.39, 0.29) is 18.1 Å². The van der Waals surface area contributed by atoms with Crippen LogP contribution >= 0.6 is 11.6 Å². The van der Waals surface area contributed by atoms with E-state index in [0.717, 1.165) is 10.6 Å². The molecule has 0 aliphatic rings. The summed E-state index contributed by atoms with van der Waals surface area (Å²) in [7, 11) is -2.38. The molecule has 32 heavy (non-hydrogen) atoms. The molecule has 0 saturated heterocycles. The number of halogens is 2. The number of sulfonamides is 1. The predicted octanol–water partition coefficient (Wildman–Crippen LogP) is 3.11. The van der Waals surface area contributed by atoms with Crippen molar-refractivity contribution in [2.75, 3.05) is 24.2 Å². The molecule has 0 aliphatic heterocycles. The van der Waals surface area contributed by atoms with Crippen molar-refractivity contribution in [1.82, 2.24) is 10.2 Å². The van der Waals surface area contributed by atoms with Crippen molar-refractivity contribution in [1.29, 1.82) is 0 Å². The van der Waals surface area contributed by atoms with Crippen molar-refractivity contribution in [3.05, 3.63) is 64.4 Å². The molecule has 1 atom stereocenters. The summed E-state index contributed by atoms with van der Waals surface area (Å²) in [6.45, 7) is 2.90. The Morgan fingerprint density at radius 1 is 1.16 bits per heavy atom. The second-order valence-corrected chi connectivity index (χ2v) is 9.65. The lowest BCUT2D eigenvalue weighted by molar-refractivity contribution is -0.140. The van der Waals surface area contributed by atoms with Gasteiger partial charge >= 0.3 is 0 Å². The maximum Gasteiger partial charge on any atom is 0.244 e. The van der Waals surface area contributed by atoms with E-state index in [4.69, 9.17) is 11.6 Å². The topological polar surface area (TPSA) is 86.8 Å². The molecule has 0 saturated carbocycles. The van der Waals surface area contributed by atoms with E-state index in [1.807, 2.05) is 0 Å². The van der Waals surface area contributed by atoms with E-state index in [0.29, 0.717) is 22.6 Å². The van der Waals surface area contributed by atoms with E-state index < -0.39 is 34.3 Å². The fraction of sp³-hybridized carbons (Fsp3) is 0.364. The minimum atomic E-state index is -3.85. The third-order valence-corrected chi connectivity index (χ3v) is 6.62. The summed E-state index contributed by atoms with van der Waals surface area (Å²) in [5, 5.41) is 2.90. The number of hydrogen-bond donors (Lipinski definition) is 1. The Hall–Kier alpha value is -2.65. The molecule has 0 bridgehead atoms. The van der Waals surface area contributed by atoms with Gasteiger partial charge in [0.2, 0.25) is 21.8 Å². The first-order valence-corrected chi connectivity index (χ1v) is 12.2. The molecule has 2 aromatic rings. The van der Waals surface area contributed by atoms with Gasteiger partial charge in [0, 0.05) is 18.6 Å². The number of carbonyl (C=O) groups is 2. The van der Waals surface area contributed by atoms with Crippen LogP contribution in [-0.2, 0) is 26.2 Å². The number of amides is 2. The van der Waals surface area contributed by atoms with Crippen molar-refractivity contribution in [2.45, 2.75) is 32.9 Å². The van der Waals surface area contributed by atoms with E-state index in [9.17, 15) is 22.4 Å². The monoisotopic (exact) mass is 483 g/mol. The normalized spacial score (nSPS) is 12.2. The summed E-state index contributed by atoms with van der Waals surface area (Å²) < 4.78 is 39.4. The van der Waals surface area contributed by atoms with Gasteiger partial charge in [-0.3, -0.25) is 13.9 Å². The van der Waals surface area contributed by atoms with E-state index in [1.165, 1.54) is 36.2 Å². The van der Waals surface area contributed by atoms with Gasteiger partial charge < -0.3 is 10.2 Å². The molecular weight excluding hydrogens is 457 g/mol. The van der Waals surface area contributed by atoms with E-state index in [1.54, 1.807) is 32.0 Å². The Morgan fingerprint density at radius 2 is 1.78 bits per heavy atom. The summed E-state index contributed by atoms with van der Waals surface area (Å²) in [4.78, 5) is 27.2. The Morgan fingerprint density at radius 3 is 2.31 bits per heavy atom. The molecule has 0 spiro atoms. The molecular formula is C22H27ClFN3O4S. The van der Waals surface area contributed by atoms with Crippen LogP contribution in [0.4, 0.5) is 10.1 Å². The SMILES string of the molecule is CC[C@H](C(=O)NC)N(Cc1ccc(F)cc1)C(=O)CN(c1cccc(Cl)c1C)S(C)(=O)=O. The zero-order chi connectivity index (χ0) is 24.1. The Balaban J connectivity index is 2.46. The number of nitrogens with one attached hydrogen (secondary N) is 1. The summed E-state index contributed by atoms with van der Waals surface area (Å²) in [5.74, 6) is -1.38. The molecule has 7 nitrogen and oxygen atoms in total. The summed E-state index contributed by atoms with van der Waals surface area (Å²) in [6, 6.07) is 9.51. The minimum Gasteiger partial charge on any atom is -0.357 e. The highest BCUT2D eigenvalue weighted by atomic mass is 35.5. The van der Waals surface area contributed by atoms with Crippen molar-refractivity contribution in [3.63, 3.8) is 0 Å². The molecule has 0 unspecified atom stereocenters. The van der Waals surface area contributed by atoms with Gasteiger partial charge in [-0.25, -0.2) is 12.8 Å². The van der Waals surface area contributed by atoms with E-state index in [2.05, 4.69) is 5.32 Å². The molecule has 0 heterocycles. The van der Waals surface area contributed by atoms with Gasteiger partial charge in [0.25, 0.3) is 0 Å². The number of nitrogens with zero attached hydrogens (tertiary/aromatic N) is 2. The lowest BCUT2D eigenvalue weighted by atomic mass is 10.1. The predicted molar refractivity (Wildman–Crippen MR) is 123 cm³/mol. The highest BCUT2D eigenvalue weighted by molar-refractivity contribution is 7.92. The molecule has 174 valence electrons. The van der Waals surface area contributed by atoms with Crippen LogP contribution < -0.4 is 9.62 Å². The first-order valence-electron chi connectivity index (χ1n) is 9.97. The van der Waals surface area contributed by atoms with Crippen LogP contribution in [0.15, 0.2) is 42.5 Å². The second-order valence-electron chi connectivity index (χ2n) is 7.34. The Labute approximate surface area is 193 Å². The number of rotatable bonds is 9. The van der Waals surface area contributed by atoms with Gasteiger partial charge in [0.05, 0.1) is 11.9 Å². The quantitative estimate of drug-likeness (QED) is 0.593. The zero-order valence-electron chi connectivity index (χ0n) is 18.4. The van der Waals surface area contributed by atoms with Crippen molar-refractivity contribution in [2.24, 2.45) is 0 Å². The maximum atomic E-state index is 13.4. The average molecular weight is 484 g/mol. The molecule has 0 fully saturated rings. The summed E-state index contributed by atoms with van der Waals surface area (Å²) in [5.41, 5.74) is 1.39. The van der Waals surface area contributed by atoms with Gasteiger partial charge in [-0.2, -0.15) is 0 Å². The smallest absolute Gasteiger partial charge is 0.244 e. The molecule has 2 rings (SSSR count). The molecule has 0 aliphatic carbocycles. The van der Waals surface area contributed by atoms with E-state index >= 15 is 0 Å². The third kappa shape index (κ3) is 6.20. The Kier molecular flexibility index (Phi) is 8.63. The van der Waals surface area contributed by atoms with Crippen LogP contribution in [-0.4, -0.2) is 51.0 Å². The number of hydrogen-bond acceptors (Lipinski definition) is 4.